The minimum absolute atomic E-state index is 0.380. The standard InChI is InChI=1S/C21H18N2S/c1-14(20-13-22-12-16-5-2-3-7-17(16)20)11-15-6-4-8-19-18(15)9-10-23-21(19)24/h2-10,12-14H,11H2,1H3,(H,23,24). The van der Waals surface area contributed by atoms with Crippen molar-refractivity contribution in [3.05, 3.63) is 78.2 Å². The van der Waals surface area contributed by atoms with Gasteiger partial charge in [-0.1, -0.05) is 49.4 Å². The molecule has 0 aliphatic heterocycles. The maximum Gasteiger partial charge on any atom is 0.101 e. The Morgan fingerprint density at radius 2 is 1.75 bits per heavy atom. The molecule has 2 aromatic heterocycles. The number of nitrogens with zero attached hydrogens (tertiary/aromatic N) is 2. The molecular weight excluding hydrogens is 312 g/mol. The molecule has 4 rings (SSSR count). The molecule has 0 amide bonds. The number of rotatable bonds is 3. The van der Waals surface area contributed by atoms with E-state index in [0.717, 1.165) is 16.8 Å². The van der Waals surface area contributed by atoms with Gasteiger partial charge in [0.25, 0.3) is 0 Å². The number of thiol groups is 1. The first-order valence-electron chi connectivity index (χ1n) is 8.12. The van der Waals surface area contributed by atoms with E-state index in [2.05, 4.69) is 78.1 Å². The largest absolute Gasteiger partial charge is 0.264 e. The lowest BCUT2D eigenvalue weighted by Crippen LogP contribution is -2.01. The van der Waals surface area contributed by atoms with E-state index in [1.807, 2.05) is 18.6 Å². The minimum atomic E-state index is 0.380. The molecular formula is C21H18N2S. The van der Waals surface area contributed by atoms with E-state index in [1.165, 1.54) is 27.3 Å². The van der Waals surface area contributed by atoms with E-state index in [0.29, 0.717) is 5.92 Å². The lowest BCUT2D eigenvalue weighted by atomic mass is 9.90. The van der Waals surface area contributed by atoms with Crippen LogP contribution in [-0.2, 0) is 6.42 Å². The monoisotopic (exact) mass is 330 g/mol. The van der Waals surface area contributed by atoms with Crippen LogP contribution in [0.5, 0.6) is 0 Å². The highest BCUT2D eigenvalue weighted by molar-refractivity contribution is 7.80. The highest BCUT2D eigenvalue weighted by atomic mass is 32.1. The molecule has 0 radical (unpaired) electrons. The van der Waals surface area contributed by atoms with Crippen LogP contribution in [0, 0.1) is 0 Å². The van der Waals surface area contributed by atoms with Crippen LogP contribution in [0.3, 0.4) is 0 Å². The van der Waals surface area contributed by atoms with Crippen LogP contribution >= 0.6 is 12.6 Å². The van der Waals surface area contributed by atoms with Crippen LogP contribution in [0.4, 0.5) is 0 Å². The maximum absolute atomic E-state index is 4.49. The highest BCUT2D eigenvalue weighted by Crippen LogP contribution is 2.30. The number of benzene rings is 2. The molecule has 2 aromatic carbocycles. The highest BCUT2D eigenvalue weighted by Gasteiger charge is 2.13. The van der Waals surface area contributed by atoms with Crippen molar-refractivity contribution in [2.45, 2.75) is 24.3 Å². The van der Waals surface area contributed by atoms with Gasteiger partial charge < -0.3 is 0 Å². The number of fused-ring (bicyclic) bond motifs is 2. The van der Waals surface area contributed by atoms with Crippen molar-refractivity contribution in [1.29, 1.82) is 0 Å². The fourth-order valence-electron chi connectivity index (χ4n) is 3.41. The lowest BCUT2D eigenvalue weighted by molar-refractivity contribution is 0.765. The third kappa shape index (κ3) is 2.65. The first kappa shape index (κ1) is 15.2. The topological polar surface area (TPSA) is 25.8 Å². The minimum Gasteiger partial charge on any atom is -0.264 e. The third-order valence-corrected chi connectivity index (χ3v) is 4.99. The molecule has 3 heteroatoms. The van der Waals surface area contributed by atoms with Crippen LogP contribution in [0.15, 0.2) is 72.1 Å². The second-order valence-corrected chi connectivity index (χ2v) is 6.63. The smallest absolute Gasteiger partial charge is 0.101 e. The van der Waals surface area contributed by atoms with Crippen molar-refractivity contribution in [3.63, 3.8) is 0 Å². The molecule has 0 fully saturated rings. The lowest BCUT2D eigenvalue weighted by Gasteiger charge is -2.16. The van der Waals surface area contributed by atoms with Gasteiger partial charge in [-0.3, -0.25) is 4.98 Å². The van der Waals surface area contributed by atoms with E-state index in [1.54, 1.807) is 0 Å². The molecule has 24 heavy (non-hydrogen) atoms. The van der Waals surface area contributed by atoms with E-state index < -0.39 is 0 Å². The molecule has 0 bridgehead atoms. The SMILES string of the molecule is CC(Cc1cccc2c(S)nccc12)c1cncc2ccccc12. The molecule has 2 heterocycles. The van der Waals surface area contributed by atoms with E-state index in [9.17, 15) is 0 Å². The Hall–Kier alpha value is -2.39. The summed E-state index contributed by atoms with van der Waals surface area (Å²) < 4.78 is 0. The van der Waals surface area contributed by atoms with Crippen LogP contribution in [0.25, 0.3) is 21.5 Å². The Bertz CT molecular complexity index is 1020. The van der Waals surface area contributed by atoms with Gasteiger partial charge in [0.2, 0.25) is 0 Å². The molecule has 2 nitrogen and oxygen atoms in total. The van der Waals surface area contributed by atoms with Gasteiger partial charge in [-0.05, 0) is 40.3 Å². The Morgan fingerprint density at radius 3 is 2.67 bits per heavy atom. The van der Waals surface area contributed by atoms with Crippen LogP contribution < -0.4 is 0 Å². The summed E-state index contributed by atoms with van der Waals surface area (Å²) in [5.41, 5.74) is 2.62. The van der Waals surface area contributed by atoms with Crippen molar-refractivity contribution >= 4 is 34.2 Å². The summed E-state index contributed by atoms with van der Waals surface area (Å²) in [6.07, 6.45) is 6.73. The Kier molecular flexibility index (Phi) is 3.95. The van der Waals surface area contributed by atoms with E-state index in [-0.39, 0.29) is 0 Å². The predicted octanol–water partition coefficient (Wildman–Crippen LogP) is 5.42. The molecule has 0 spiro atoms. The first-order valence-corrected chi connectivity index (χ1v) is 8.57. The molecule has 0 saturated carbocycles. The number of pyridine rings is 2. The summed E-state index contributed by atoms with van der Waals surface area (Å²) in [5, 5.41) is 5.62. The molecule has 1 unspecified atom stereocenters. The third-order valence-electron chi connectivity index (χ3n) is 4.63. The summed E-state index contributed by atoms with van der Waals surface area (Å²) >= 11 is 4.49. The van der Waals surface area contributed by atoms with Crippen molar-refractivity contribution in [3.8, 4) is 0 Å². The zero-order chi connectivity index (χ0) is 16.5. The molecule has 0 aliphatic carbocycles. The fraction of sp³-hybridized carbons (Fsp3) is 0.143. The summed E-state index contributed by atoms with van der Waals surface area (Å²) in [7, 11) is 0. The van der Waals surface area contributed by atoms with Gasteiger partial charge in [0, 0.05) is 29.4 Å². The zero-order valence-electron chi connectivity index (χ0n) is 13.5. The van der Waals surface area contributed by atoms with Gasteiger partial charge in [-0.15, -0.1) is 12.6 Å². The number of hydrogen-bond acceptors (Lipinski definition) is 3. The van der Waals surface area contributed by atoms with Gasteiger partial charge in [0.1, 0.15) is 5.03 Å². The van der Waals surface area contributed by atoms with Crippen molar-refractivity contribution in [2.24, 2.45) is 0 Å². The van der Waals surface area contributed by atoms with Crippen LogP contribution in [-0.4, -0.2) is 9.97 Å². The van der Waals surface area contributed by atoms with E-state index >= 15 is 0 Å². The van der Waals surface area contributed by atoms with Gasteiger partial charge >= 0.3 is 0 Å². The molecule has 118 valence electrons. The Morgan fingerprint density at radius 1 is 0.917 bits per heavy atom. The second kappa shape index (κ2) is 6.25. The summed E-state index contributed by atoms with van der Waals surface area (Å²) in [6, 6.07) is 16.9. The first-order chi connectivity index (χ1) is 11.7. The summed E-state index contributed by atoms with van der Waals surface area (Å²) in [5.74, 6) is 0.380. The van der Waals surface area contributed by atoms with Crippen molar-refractivity contribution < 1.29 is 0 Å². The van der Waals surface area contributed by atoms with Gasteiger partial charge in [-0.25, -0.2) is 4.98 Å². The molecule has 0 N–H and O–H groups in total. The normalized spacial score (nSPS) is 12.6. The van der Waals surface area contributed by atoms with Gasteiger partial charge in [0.05, 0.1) is 0 Å². The van der Waals surface area contributed by atoms with Gasteiger partial charge in [0.15, 0.2) is 0 Å². The fourth-order valence-corrected chi connectivity index (χ4v) is 3.67. The van der Waals surface area contributed by atoms with Crippen molar-refractivity contribution in [2.75, 3.05) is 0 Å². The number of aromatic nitrogens is 2. The van der Waals surface area contributed by atoms with Gasteiger partial charge in [-0.2, -0.15) is 0 Å². The maximum atomic E-state index is 4.49. The summed E-state index contributed by atoms with van der Waals surface area (Å²) in [6.45, 7) is 2.27. The summed E-state index contributed by atoms with van der Waals surface area (Å²) in [4.78, 5) is 8.71. The average molecular weight is 330 g/mol. The Labute approximate surface area is 147 Å². The Balaban J connectivity index is 1.77. The molecule has 1 atom stereocenters. The average Bonchev–Trinajstić information content (AvgIpc) is 2.62. The van der Waals surface area contributed by atoms with Crippen molar-refractivity contribution in [1.82, 2.24) is 9.97 Å². The number of hydrogen-bond donors (Lipinski definition) is 1. The quantitative estimate of drug-likeness (QED) is 0.508. The van der Waals surface area contributed by atoms with E-state index in [4.69, 9.17) is 0 Å². The predicted molar refractivity (Wildman–Crippen MR) is 103 cm³/mol. The molecule has 0 aliphatic rings. The molecule has 0 saturated heterocycles. The van der Waals surface area contributed by atoms with Crippen LogP contribution in [0.1, 0.15) is 24.0 Å². The van der Waals surface area contributed by atoms with Crippen LogP contribution in [0.2, 0.25) is 0 Å². The molecule has 4 aromatic rings. The zero-order valence-corrected chi connectivity index (χ0v) is 14.4. The second-order valence-electron chi connectivity index (χ2n) is 6.20.